The molecule has 0 fully saturated rings. The molecule has 0 aromatic carbocycles. The highest BCUT2D eigenvalue weighted by molar-refractivity contribution is 6.04. The van der Waals surface area contributed by atoms with Gasteiger partial charge in [0.25, 0.3) is 0 Å². The molecule has 0 heterocycles. The minimum atomic E-state index is -4.39. The SMILES string of the molecule is C\C=C(C)/C(=N\C=C(\C)CC)C(F)(F)F. The monoisotopic (exact) mass is 219 g/mol. The predicted octanol–water partition coefficient (Wildman–Crippen LogP) is 4.27. The second-order valence-corrected chi connectivity index (χ2v) is 3.28. The van der Waals surface area contributed by atoms with Crippen LogP contribution < -0.4 is 0 Å². The Bertz CT molecular complexity index is 295. The molecule has 0 unspecified atom stereocenters. The van der Waals surface area contributed by atoms with Gasteiger partial charge in [0, 0.05) is 6.20 Å². The Morgan fingerprint density at radius 1 is 1.27 bits per heavy atom. The molecule has 0 bridgehead atoms. The van der Waals surface area contributed by atoms with Crippen LogP contribution in [0.4, 0.5) is 13.2 Å². The Kier molecular flexibility index (Phi) is 5.33. The van der Waals surface area contributed by atoms with Crippen molar-refractivity contribution < 1.29 is 13.2 Å². The van der Waals surface area contributed by atoms with Crippen molar-refractivity contribution in [2.45, 2.75) is 40.3 Å². The molecule has 0 aliphatic heterocycles. The molecule has 0 radical (unpaired) electrons. The molecule has 4 heteroatoms. The number of halogens is 3. The molecule has 0 rings (SSSR count). The summed E-state index contributed by atoms with van der Waals surface area (Å²) in [5.41, 5.74) is 0.140. The van der Waals surface area contributed by atoms with Gasteiger partial charge in [-0.1, -0.05) is 18.6 Å². The summed E-state index contributed by atoms with van der Waals surface area (Å²) in [6.07, 6.45) is -1.01. The maximum atomic E-state index is 12.5. The first-order valence-electron chi connectivity index (χ1n) is 4.76. The van der Waals surface area contributed by atoms with Crippen LogP contribution in [-0.4, -0.2) is 11.9 Å². The Hall–Kier alpha value is -1.06. The van der Waals surface area contributed by atoms with E-state index < -0.39 is 11.9 Å². The maximum absolute atomic E-state index is 12.5. The number of hydrogen-bond acceptors (Lipinski definition) is 1. The van der Waals surface area contributed by atoms with E-state index in [0.29, 0.717) is 6.42 Å². The lowest BCUT2D eigenvalue weighted by atomic mass is 10.1. The Morgan fingerprint density at radius 2 is 1.80 bits per heavy atom. The topological polar surface area (TPSA) is 12.4 Å². The van der Waals surface area contributed by atoms with E-state index in [1.54, 1.807) is 13.8 Å². The van der Waals surface area contributed by atoms with E-state index in [9.17, 15) is 13.2 Å². The molecule has 0 aliphatic rings. The van der Waals surface area contributed by atoms with Crippen molar-refractivity contribution >= 4 is 5.71 Å². The molecule has 1 nitrogen and oxygen atoms in total. The Labute approximate surface area is 88.4 Å². The third kappa shape index (κ3) is 4.81. The summed E-state index contributed by atoms with van der Waals surface area (Å²) in [5, 5.41) is 0. The van der Waals surface area contributed by atoms with Gasteiger partial charge in [0.2, 0.25) is 0 Å². The number of alkyl halides is 3. The highest BCUT2D eigenvalue weighted by Gasteiger charge is 2.35. The molecule has 0 aliphatic carbocycles. The van der Waals surface area contributed by atoms with Crippen molar-refractivity contribution in [3.05, 3.63) is 23.4 Å². The fourth-order valence-corrected chi connectivity index (χ4v) is 0.801. The van der Waals surface area contributed by atoms with Gasteiger partial charge < -0.3 is 0 Å². The lowest BCUT2D eigenvalue weighted by Crippen LogP contribution is -2.23. The van der Waals surface area contributed by atoms with E-state index >= 15 is 0 Å². The van der Waals surface area contributed by atoms with Gasteiger partial charge in [-0.25, -0.2) is 0 Å². The minimum absolute atomic E-state index is 0.141. The van der Waals surface area contributed by atoms with Gasteiger partial charge in [0.1, 0.15) is 5.71 Å². The van der Waals surface area contributed by atoms with Crippen LogP contribution in [0.1, 0.15) is 34.1 Å². The molecule has 86 valence electrons. The first-order chi connectivity index (χ1) is 6.82. The molecule has 0 atom stereocenters. The predicted molar refractivity (Wildman–Crippen MR) is 57.0 cm³/mol. The minimum Gasteiger partial charge on any atom is -0.252 e. The molecule has 15 heavy (non-hydrogen) atoms. The fourth-order valence-electron chi connectivity index (χ4n) is 0.801. The standard InChI is InChI=1S/C11H16F3N/c1-5-8(3)7-15-10(9(4)6-2)11(12,13)14/h6-7H,5H2,1-4H3/b8-7-,9-6-,15-10+. The molecule has 0 amide bonds. The zero-order valence-electron chi connectivity index (χ0n) is 9.44. The maximum Gasteiger partial charge on any atom is 0.433 e. The smallest absolute Gasteiger partial charge is 0.252 e. The van der Waals surface area contributed by atoms with Gasteiger partial charge in [0.05, 0.1) is 0 Å². The molecular weight excluding hydrogens is 203 g/mol. The fraction of sp³-hybridized carbons (Fsp3) is 0.545. The second kappa shape index (κ2) is 5.73. The quantitative estimate of drug-likeness (QED) is 0.628. The zero-order chi connectivity index (χ0) is 12.1. The van der Waals surface area contributed by atoms with Gasteiger partial charge in [-0.05, 0) is 32.8 Å². The number of hydrogen-bond donors (Lipinski definition) is 0. The third-order valence-corrected chi connectivity index (χ3v) is 2.05. The van der Waals surface area contributed by atoms with Crippen molar-refractivity contribution in [2.75, 3.05) is 0 Å². The Balaban J connectivity index is 5.14. The number of allylic oxidation sites excluding steroid dienone is 3. The van der Waals surface area contributed by atoms with Crippen LogP contribution in [0, 0.1) is 0 Å². The second-order valence-electron chi connectivity index (χ2n) is 3.28. The lowest BCUT2D eigenvalue weighted by molar-refractivity contribution is -0.0582. The summed E-state index contributed by atoms with van der Waals surface area (Å²) in [7, 11) is 0. The van der Waals surface area contributed by atoms with E-state index in [0.717, 1.165) is 5.57 Å². The van der Waals surface area contributed by atoms with Crippen LogP contribution in [-0.2, 0) is 0 Å². The third-order valence-electron chi connectivity index (χ3n) is 2.05. The summed E-state index contributed by atoms with van der Waals surface area (Å²) < 4.78 is 37.5. The highest BCUT2D eigenvalue weighted by atomic mass is 19.4. The Morgan fingerprint density at radius 3 is 2.13 bits per heavy atom. The molecule has 0 N–H and O–H groups in total. The van der Waals surface area contributed by atoms with Crippen molar-refractivity contribution in [1.82, 2.24) is 0 Å². The summed E-state index contributed by atoms with van der Waals surface area (Å²) in [4.78, 5) is 3.50. The lowest BCUT2D eigenvalue weighted by Gasteiger charge is -2.09. The summed E-state index contributed by atoms with van der Waals surface area (Å²) in [6.45, 7) is 6.59. The van der Waals surface area contributed by atoms with E-state index in [-0.39, 0.29) is 5.57 Å². The average molecular weight is 219 g/mol. The number of aliphatic imine (C=N–C) groups is 1. The summed E-state index contributed by atoms with van der Waals surface area (Å²) >= 11 is 0. The van der Waals surface area contributed by atoms with Crippen LogP contribution in [0.3, 0.4) is 0 Å². The van der Waals surface area contributed by atoms with E-state index in [2.05, 4.69) is 4.99 Å². The molecule has 0 saturated heterocycles. The van der Waals surface area contributed by atoms with Gasteiger partial charge >= 0.3 is 6.18 Å². The van der Waals surface area contributed by atoms with Gasteiger partial charge in [-0.2, -0.15) is 13.2 Å². The molecule has 0 saturated carbocycles. The zero-order valence-corrected chi connectivity index (χ0v) is 9.44. The first kappa shape index (κ1) is 13.9. The van der Waals surface area contributed by atoms with Gasteiger partial charge in [0.15, 0.2) is 0 Å². The van der Waals surface area contributed by atoms with Crippen LogP contribution in [0.25, 0.3) is 0 Å². The number of rotatable bonds is 3. The summed E-state index contributed by atoms with van der Waals surface area (Å²) in [5.74, 6) is 0. The molecule has 0 spiro atoms. The van der Waals surface area contributed by atoms with Gasteiger partial charge in [-0.3, -0.25) is 4.99 Å². The highest BCUT2D eigenvalue weighted by Crippen LogP contribution is 2.22. The van der Waals surface area contributed by atoms with Gasteiger partial charge in [-0.15, -0.1) is 0 Å². The van der Waals surface area contributed by atoms with Crippen molar-refractivity contribution in [3.63, 3.8) is 0 Å². The molecule has 0 aromatic rings. The average Bonchev–Trinajstić information content (AvgIpc) is 2.15. The summed E-state index contributed by atoms with van der Waals surface area (Å²) in [6, 6.07) is 0. The molecule has 0 aromatic heterocycles. The van der Waals surface area contributed by atoms with Crippen molar-refractivity contribution in [1.29, 1.82) is 0 Å². The van der Waals surface area contributed by atoms with Crippen molar-refractivity contribution in [3.8, 4) is 0 Å². The van der Waals surface area contributed by atoms with Crippen LogP contribution in [0.15, 0.2) is 28.4 Å². The normalized spacial score (nSPS) is 15.8. The van der Waals surface area contributed by atoms with E-state index in [4.69, 9.17) is 0 Å². The van der Waals surface area contributed by atoms with E-state index in [1.165, 1.54) is 19.2 Å². The van der Waals surface area contributed by atoms with Crippen LogP contribution in [0.5, 0.6) is 0 Å². The van der Waals surface area contributed by atoms with Crippen molar-refractivity contribution in [2.24, 2.45) is 4.99 Å². The largest absolute Gasteiger partial charge is 0.433 e. The number of nitrogens with zero attached hydrogens (tertiary/aromatic N) is 1. The first-order valence-corrected chi connectivity index (χ1v) is 4.76. The van der Waals surface area contributed by atoms with Crippen LogP contribution in [0.2, 0.25) is 0 Å². The van der Waals surface area contributed by atoms with Crippen LogP contribution >= 0.6 is 0 Å². The van der Waals surface area contributed by atoms with E-state index in [1.807, 2.05) is 6.92 Å². The molecular formula is C11H16F3N.